The summed E-state index contributed by atoms with van der Waals surface area (Å²) in [6.07, 6.45) is 2.60. The van der Waals surface area contributed by atoms with Crippen LogP contribution < -0.4 is 4.90 Å². The summed E-state index contributed by atoms with van der Waals surface area (Å²) in [4.78, 5) is 14.2. The largest absolute Gasteiger partial charge is 0.365 e. The van der Waals surface area contributed by atoms with Gasteiger partial charge in [-0.3, -0.25) is 9.48 Å². The van der Waals surface area contributed by atoms with Gasteiger partial charge in [0.15, 0.2) is 5.78 Å². The van der Waals surface area contributed by atoms with E-state index in [0.29, 0.717) is 12.5 Å². The highest BCUT2D eigenvalue weighted by atomic mass is 16.1. The molecule has 0 fully saturated rings. The number of fused-ring (bicyclic) bond motifs is 1. The first-order chi connectivity index (χ1) is 9.65. The van der Waals surface area contributed by atoms with Crippen molar-refractivity contribution in [2.45, 2.75) is 32.9 Å². The summed E-state index contributed by atoms with van der Waals surface area (Å²) < 4.78 is 1.97. The molecule has 1 aromatic heterocycles. The van der Waals surface area contributed by atoms with Crippen molar-refractivity contribution in [2.75, 3.05) is 11.4 Å². The SMILES string of the molecule is CC(C)n1ccc(CN2CCC(=O)c3ccccc32)n1. The predicted octanol–water partition coefficient (Wildman–Crippen LogP) is 3.06. The Morgan fingerprint density at radius 2 is 2.05 bits per heavy atom. The lowest BCUT2D eigenvalue weighted by Crippen LogP contribution is -2.31. The number of hydrogen-bond acceptors (Lipinski definition) is 3. The molecule has 0 spiro atoms. The maximum absolute atomic E-state index is 11.9. The Morgan fingerprint density at radius 3 is 2.80 bits per heavy atom. The number of carbonyl (C=O) groups is 1. The van der Waals surface area contributed by atoms with E-state index in [9.17, 15) is 4.79 Å². The molecule has 0 amide bonds. The lowest BCUT2D eigenvalue weighted by molar-refractivity contribution is 0.0979. The smallest absolute Gasteiger partial charge is 0.166 e. The van der Waals surface area contributed by atoms with E-state index in [4.69, 9.17) is 0 Å². The van der Waals surface area contributed by atoms with Gasteiger partial charge in [-0.05, 0) is 32.0 Å². The van der Waals surface area contributed by atoms with Crippen LogP contribution in [0.15, 0.2) is 36.5 Å². The number of carbonyl (C=O) groups excluding carboxylic acids is 1. The predicted molar refractivity (Wildman–Crippen MR) is 79.1 cm³/mol. The zero-order valence-corrected chi connectivity index (χ0v) is 11.9. The number of anilines is 1. The molecule has 0 saturated heterocycles. The zero-order chi connectivity index (χ0) is 14.1. The van der Waals surface area contributed by atoms with Gasteiger partial charge in [0.25, 0.3) is 0 Å². The first-order valence-electron chi connectivity index (χ1n) is 7.06. The molecule has 20 heavy (non-hydrogen) atoms. The lowest BCUT2D eigenvalue weighted by atomic mass is 10.0. The van der Waals surface area contributed by atoms with Crippen LogP contribution in [-0.2, 0) is 6.54 Å². The lowest BCUT2D eigenvalue weighted by Gasteiger charge is -2.29. The molecule has 0 atom stereocenters. The van der Waals surface area contributed by atoms with E-state index in [1.165, 1.54) is 0 Å². The summed E-state index contributed by atoms with van der Waals surface area (Å²) in [5.41, 5.74) is 2.91. The Bertz CT molecular complexity index is 630. The van der Waals surface area contributed by atoms with Crippen molar-refractivity contribution in [1.29, 1.82) is 0 Å². The van der Waals surface area contributed by atoms with E-state index in [1.54, 1.807) is 0 Å². The second-order valence-corrected chi connectivity index (χ2v) is 5.49. The third-order valence-electron chi connectivity index (χ3n) is 3.70. The Morgan fingerprint density at radius 1 is 1.25 bits per heavy atom. The molecule has 0 saturated carbocycles. The number of hydrogen-bond donors (Lipinski definition) is 0. The van der Waals surface area contributed by atoms with Gasteiger partial charge < -0.3 is 4.90 Å². The molecule has 2 aromatic rings. The topological polar surface area (TPSA) is 38.1 Å². The van der Waals surface area contributed by atoms with Crippen molar-refractivity contribution in [3.05, 3.63) is 47.8 Å². The second-order valence-electron chi connectivity index (χ2n) is 5.49. The molecule has 4 nitrogen and oxygen atoms in total. The van der Waals surface area contributed by atoms with Crippen LogP contribution in [0.25, 0.3) is 0 Å². The summed E-state index contributed by atoms with van der Waals surface area (Å²) in [5, 5.41) is 4.59. The highest BCUT2D eigenvalue weighted by molar-refractivity contribution is 6.03. The molecule has 0 radical (unpaired) electrons. The molecular weight excluding hydrogens is 250 g/mol. The summed E-state index contributed by atoms with van der Waals surface area (Å²) in [5.74, 6) is 0.240. The molecule has 104 valence electrons. The molecule has 0 bridgehead atoms. The van der Waals surface area contributed by atoms with Crippen LogP contribution >= 0.6 is 0 Å². The molecule has 3 rings (SSSR count). The van der Waals surface area contributed by atoms with E-state index in [-0.39, 0.29) is 5.78 Å². The van der Waals surface area contributed by atoms with Gasteiger partial charge in [-0.15, -0.1) is 0 Å². The van der Waals surface area contributed by atoms with Crippen molar-refractivity contribution in [1.82, 2.24) is 9.78 Å². The molecule has 0 aliphatic carbocycles. The Kier molecular flexibility index (Phi) is 3.30. The van der Waals surface area contributed by atoms with Crippen LogP contribution in [-0.4, -0.2) is 22.1 Å². The Balaban J connectivity index is 1.84. The average Bonchev–Trinajstić information content (AvgIpc) is 2.91. The van der Waals surface area contributed by atoms with E-state index in [1.807, 2.05) is 35.1 Å². The number of Topliss-reactive ketones (excluding diaryl/α,β-unsaturated/α-hetero) is 1. The van der Waals surface area contributed by atoms with Gasteiger partial charge in [0.2, 0.25) is 0 Å². The number of nitrogens with zero attached hydrogens (tertiary/aromatic N) is 3. The molecule has 2 heterocycles. The van der Waals surface area contributed by atoms with Crippen molar-refractivity contribution >= 4 is 11.5 Å². The maximum atomic E-state index is 11.9. The van der Waals surface area contributed by atoms with Crippen molar-refractivity contribution in [2.24, 2.45) is 0 Å². The first-order valence-corrected chi connectivity index (χ1v) is 7.06. The van der Waals surface area contributed by atoms with Gasteiger partial charge in [-0.1, -0.05) is 12.1 Å². The van der Waals surface area contributed by atoms with E-state index in [0.717, 1.165) is 30.0 Å². The third kappa shape index (κ3) is 2.33. The summed E-state index contributed by atoms with van der Waals surface area (Å²) in [6, 6.07) is 10.3. The van der Waals surface area contributed by atoms with Crippen LogP contribution in [0.2, 0.25) is 0 Å². The quantitative estimate of drug-likeness (QED) is 0.859. The third-order valence-corrected chi connectivity index (χ3v) is 3.70. The van der Waals surface area contributed by atoms with Crippen LogP contribution in [0.1, 0.15) is 42.4 Å². The van der Waals surface area contributed by atoms with E-state index < -0.39 is 0 Å². The fourth-order valence-electron chi connectivity index (χ4n) is 2.59. The molecule has 0 unspecified atom stereocenters. The van der Waals surface area contributed by atoms with Crippen LogP contribution in [0, 0.1) is 0 Å². The van der Waals surface area contributed by atoms with Crippen molar-refractivity contribution in [3.63, 3.8) is 0 Å². The monoisotopic (exact) mass is 269 g/mol. The van der Waals surface area contributed by atoms with Gasteiger partial charge in [-0.25, -0.2) is 0 Å². The van der Waals surface area contributed by atoms with Crippen molar-refractivity contribution < 1.29 is 4.79 Å². The molecule has 0 N–H and O–H groups in total. The van der Waals surface area contributed by atoms with Gasteiger partial charge >= 0.3 is 0 Å². The second kappa shape index (κ2) is 5.12. The first kappa shape index (κ1) is 12.9. The van der Waals surface area contributed by atoms with Crippen molar-refractivity contribution in [3.8, 4) is 0 Å². The number of aromatic nitrogens is 2. The minimum Gasteiger partial charge on any atom is -0.365 e. The fraction of sp³-hybridized carbons (Fsp3) is 0.375. The minimum atomic E-state index is 0.240. The van der Waals surface area contributed by atoms with Gasteiger partial charge in [-0.2, -0.15) is 5.10 Å². The standard InChI is InChI=1S/C16H19N3O/c1-12(2)19-10-7-13(17-19)11-18-9-8-16(20)14-5-3-4-6-15(14)18/h3-7,10,12H,8-9,11H2,1-2H3. The van der Waals surface area contributed by atoms with E-state index >= 15 is 0 Å². The fourth-order valence-corrected chi connectivity index (χ4v) is 2.59. The maximum Gasteiger partial charge on any atom is 0.166 e. The van der Waals surface area contributed by atoms with Crippen LogP contribution in [0.4, 0.5) is 5.69 Å². The Hall–Kier alpha value is -2.10. The molecule has 1 aromatic carbocycles. The van der Waals surface area contributed by atoms with E-state index in [2.05, 4.69) is 29.9 Å². The van der Waals surface area contributed by atoms with Crippen LogP contribution in [0.5, 0.6) is 0 Å². The van der Waals surface area contributed by atoms with Gasteiger partial charge in [0.05, 0.1) is 12.2 Å². The summed E-state index contributed by atoms with van der Waals surface area (Å²) in [7, 11) is 0. The number of ketones is 1. The zero-order valence-electron chi connectivity index (χ0n) is 11.9. The molecule has 1 aliphatic heterocycles. The van der Waals surface area contributed by atoms with Gasteiger partial charge in [0, 0.05) is 36.5 Å². The minimum absolute atomic E-state index is 0.240. The van der Waals surface area contributed by atoms with Crippen LogP contribution in [0.3, 0.4) is 0 Å². The number of benzene rings is 1. The average molecular weight is 269 g/mol. The normalized spacial score (nSPS) is 14.8. The number of para-hydroxylation sites is 1. The number of rotatable bonds is 3. The highest BCUT2D eigenvalue weighted by Gasteiger charge is 2.22. The summed E-state index contributed by atoms with van der Waals surface area (Å²) in [6.45, 7) is 5.76. The molecule has 4 heteroatoms. The van der Waals surface area contributed by atoms with Gasteiger partial charge in [0.1, 0.15) is 0 Å². The highest BCUT2D eigenvalue weighted by Crippen LogP contribution is 2.27. The molecular formula is C16H19N3O. The Labute approximate surface area is 119 Å². The molecule has 1 aliphatic rings. The summed E-state index contributed by atoms with van der Waals surface area (Å²) >= 11 is 0.